The van der Waals surface area contributed by atoms with Crippen LogP contribution in [0.1, 0.15) is 71.8 Å². The van der Waals surface area contributed by atoms with E-state index in [1.165, 1.54) is 57.2 Å². The maximum Gasteiger partial charge on any atom is 0.0183 e. The highest BCUT2D eigenvalue weighted by Crippen LogP contribution is 2.42. The normalized spacial score (nSPS) is 20.4. The molecule has 0 aromatic heterocycles. The van der Waals surface area contributed by atoms with E-state index in [1.807, 2.05) is 0 Å². The van der Waals surface area contributed by atoms with Crippen LogP contribution in [-0.4, -0.2) is 24.0 Å². The van der Waals surface area contributed by atoms with Crippen molar-refractivity contribution in [3.63, 3.8) is 0 Å². The molecular weight excluding hydrogens is 278 g/mol. The lowest BCUT2D eigenvalue weighted by Crippen LogP contribution is -2.47. The molecule has 1 aromatic carbocycles. The average Bonchev–Trinajstić information content (AvgIpc) is 2.63. The fourth-order valence-electron chi connectivity index (χ4n) is 4.30. The third kappa shape index (κ3) is 4.07. The fraction of sp³-hybridized carbons (Fsp3) is 0.636. The quantitative estimate of drug-likeness (QED) is 0.562. The van der Waals surface area contributed by atoms with Gasteiger partial charge in [0.2, 0.25) is 0 Å². The molecule has 1 fully saturated rings. The maximum atomic E-state index is 2.76. The van der Waals surface area contributed by atoms with Gasteiger partial charge in [-0.15, -0.1) is 0 Å². The fourth-order valence-corrected chi connectivity index (χ4v) is 4.30. The van der Waals surface area contributed by atoms with Gasteiger partial charge >= 0.3 is 0 Å². The molecule has 0 bridgehead atoms. The number of piperidine rings is 1. The smallest absolute Gasteiger partial charge is 0.0183 e. The van der Waals surface area contributed by atoms with Gasteiger partial charge < -0.3 is 4.90 Å². The number of unbranched alkanes of at least 4 members (excludes halogenated alkanes) is 1. The van der Waals surface area contributed by atoms with E-state index in [-0.39, 0.29) is 5.41 Å². The van der Waals surface area contributed by atoms with Crippen molar-refractivity contribution in [1.29, 1.82) is 0 Å². The van der Waals surface area contributed by atoms with Gasteiger partial charge in [-0.2, -0.15) is 0 Å². The van der Waals surface area contributed by atoms with E-state index in [0.717, 1.165) is 6.04 Å². The van der Waals surface area contributed by atoms with Gasteiger partial charge in [0, 0.05) is 11.5 Å². The molecule has 23 heavy (non-hydrogen) atoms. The monoisotopic (exact) mass is 313 g/mol. The summed E-state index contributed by atoms with van der Waals surface area (Å²) in [5, 5.41) is 0. The van der Waals surface area contributed by atoms with Crippen LogP contribution < -0.4 is 0 Å². The lowest BCUT2D eigenvalue weighted by Gasteiger charge is -2.45. The van der Waals surface area contributed by atoms with Crippen molar-refractivity contribution < 1.29 is 0 Å². The Balaban J connectivity index is 2.14. The maximum absolute atomic E-state index is 2.76. The molecule has 0 spiro atoms. The molecule has 0 amide bonds. The minimum Gasteiger partial charge on any atom is -0.300 e. The Hall–Kier alpha value is -1.08. The third-order valence-electron chi connectivity index (χ3n) is 6.04. The minimum absolute atomic E-state index is 0.259. The van der Waals surface area contributed by atoms with Crippen LogP contribution >= 0.6 is 0 Å². The molecule has 0 aliphatic carbocycles. The number of nitrogens with zero attached hydrogens (tertiary/aromatic N) is 1. The zero-order valence-corrected chi connectivity index (χ0v) is 15.6. The Bertz CT molecular complexity index is 480. The SMILES string of the molecule is C/C=C(/C)C1(c2ccccc2)CCN(C(CC)CCCC)CC1. The molecule has 1 saturated heterocycles. The first kappa shape index (κ1) is 18.3. The molecule has 0 saturated carbocycles. The first-order valence-electron chi connectivity index (χ1n) is 9.61. The van der Waals surface area contributed by atoms with Crippen LogP contribution in [0.2, 0.25) is 0 Å². The molecule has 128 valence electrons. The van der Waals surface area contributed by atoms with E-state index >= 15 is 0 Å². The molecule has 1 nitrogen and oxygen atoms in total. The molecule has 1 heteroatoms. The van der Waals surface area contributed by atoms with Crippen LogP contribution in [-0.2, 0) is 5.41 Å². The molecule has 1 aliphatic heterocycles. The molecule has 1 atom stereocenters. The van der Waals surface area contributed by atoms with Crippen molar-refractivity contribution in [2.45, 2.75) is 77.7 Å². The summed E-state index contributed by atoms with van der Waals surface area (Å²) in [7, 11) is 0. The standard InChI is InChI=1S/C22H35N/c1-5-8-14-21(7-3)23-17-15-22(16-18-23,19(4)6-2)20-12-10-9-11-13-20/h6,9-13,21H,5,7-8,14-18H2,1-4H3/b19-6-. The number of rotatable bonds is 7. The summed E-state index contributed by atoms with van der Waals surface area (Å²) in [6.45, 7) is 11.7. The molecule has 2 rings (SSSR count). The van der Waals surface area contributed by atoms with Crippen molar-refractivity contribution in [2.75, 3.05) is 13.1 Å². The molecule has 1 heterocycles. The lowest BCUT2D eigenvalue weighted by molar-refractivity contribution is 0.117. The summed E-state index contributed by atoms with van der Waals surface area (Å²) in [6, 6.07) is 12.0. The second kappa shape index (κ2) is 8.68. The average molecular weight is 314 g/mol. The summed E-state index contributed by atoms with van der Waals surface area (Å²) in [6.07, 6.45) is 10.2. The van der Waals surface area contributed by atoms with Gasteiger partial charge in [-0.1, -0.05) is 68.7 Å². The molecule has 1 unspecified atom stereocenters. The Morgan fingerprint density at radius 3 is 2.35 bits per heavy atom. The van der Waals surface area contributed by atoms with Crippen LogP contribution in [0.15, 0.2) is 42.0 Å². The molecule has 0 N–H and O–H groups in total. The van der Waals surface area contributed by atoms with Crippen LogP contribution in [0.4, 0.5) is 0 Å². The van der Waals surface area contributed by atoms with Gasteiger partial charge in [0.1, 0.15) is 0 Å². The summed E-state index contributed by atoms with van der Waals surface area (Å²) in [4.78, 5) is 2.76. The number of likely N-dealkylation sites (tertiary alicyclic amines) is 1. The Morgan fingerprint density at radius 1 is 1.17 bits per heavy atom. The van der Waals surface area contributed by atoms with Gasteiger partial charge in [0.05, 0.1) is 0 Å². The van der Waals surface area contributed by atoms with Crippen LogP contribution in [0.3, 0.4) is 0 Å². The van der Waals surface area contributed by atoms with Crippen molar-refractivity contribution in [1.82, 2.24) is 4.90 Å². The van der Waals surface area contributed by atoms with Crippen LogP contribution in [0.5, 0.6) is 0 Å². The van der Waals surface area contributed by atoms with E-state index in [9.17, 15) is 0 Å². The number of hydrogen-bond donors (Lipinski definition) is 0. The Kier molecular flexibility index (Phi) is 6.89. The lowest BCUT2D eigenvalue weighted by atomic mass is 9.67. The van der Waals surface area contributed by atoms with Crippen molar-refractivity contribution in [2.24, 2.45) is 0 Å². The zero-order valence-electron chi connectivity index (χ0n) is 15.6. The summed E-state index contributed by atoms with van der Waals surface area (Å²) in [5.74, 6) is 0. The van der Waals surface area contributed by atoms with E-state index in [0.29, 0.717) is 0 Å². The highest BCUT2D eigenvalue weighted by atomic mass is 15.2. The Morgan fingerprint density at radius 2 is 1.83 bits per heavy atom. The second-order valence-electron chi connectivity index (χ2n) is 7.16. The van der Waals surface area contributed by atoms with Crippen molar-refractivity contribution in [3.05, 3.63) is 47.5 Å². The van der Waals surface area contributed by atoms with Gasteiger partial charge in [-0.05, 0) is 58.2 Å². The topological polar surface area (TPSA) is 3.24 Å². The first-order chi connectivity index (χ1) is 11.2. The number of allylic oxidation sites excluding steroid dienone is 2. The van der Waals surface area contributed by atoms with Crippen molar-refractivity contribution >= 4 is 0 Å². The predicted molar refractivity (Wildman–Crippen MR) is 102 cm³/mol. The molecule has 1 aliphatic rings. The zero-order chi connectivity index (χ0) is 16.7. The highest BCUT2D eigenvalue weighted by Gasteiger charge is 2.38. The van der Waals surface area contributed by atoms with E-state index in [4.69, 9.17) is 0 Å². The highest BCUT2D eigenvalue weighted by molar-refractivity contribution is 5.36. The minimum atomic E-state index is 0.259. The number of benzene rings is 1. The van der Waals surface area contributed by atoms with Crippen LogP contribution in [0, 0.1) is 0 Å². The van der Waals surface area contributed by atoms with E-state index in [2.05, 4.69) is 69.0 Å². The van der Waals surface area contributed by atoms with Crippen molar-refractivity contribution in [3.8, 4) is 0 Å². The first-order valence-corrected chi connectivity index (χ1v) is 9.61. The van der Waals surface area contributed by atoms with Gasteiger partial charge in [0.15, 0.2) is 0 Å². The third-order valence-corrected chi connectivity index (χ3v) is 6.04. The number of hydrogen-bond acceptors (Lipinski definition) is 1. The molecule has 1 aromatic rings. The second-order valence-corrected chi connectivity index (χ2v) is 7.16. The summed E-state index contributed by atoms with van der Waals surface area (Å²) < 4.78 is 0. The van der Waals surface area contributed by atoms with Gasteiger partial charge in [-0.3, -0.25) is 0 Å². The molecular formula is C22H35N. The van der Waals surface area contributed by atoms with Gasteiger partial charge in [-0.25, -0.2) is 0 Å². The summed E-state index contributed by atoms with van der Waals surface area (Å²) >= 11 is 0. The van der Waals surface area contributed by atoms with E-state index in [1.54, 1.807) is 5.57 Å². The Labute approximate surface area is 143 Å². The summed E-state index contributed by atoms with van der Waals surface area (Å²) in [5.41, 5.74) is 3.32. The van der Waals surface area contributed by atoms with E-state index < -0.39 is 0 Å². The largest absolute Gasteiger partial charge is 0.300 e. The van der Waals surface area contributed by atoms with Crippen LogP contribution in [0.25, 0.3) is 0 Å². The van der Waals surface area contributed by atoms with Gasteiger partial charge in [0.25, 0.3) is 0 Å². The molecule has 0 radical (unpaired) electrons. The predicted octanol–water partition coefficient (Wildman–Crippen LogP) is 5.96.